The van der Waals surface area contributed by atoms with Crippen molar-refractivity contribution in [1.82, 2.24) is 10.3 Å². The number of nitrogens with one attached hydrogen (secondary N) is 2. The summed E-state index contributed by atoms with van der Waals surface area (Å²) in [5, 5.41) is 12.2. The lowest BCUT2D eigenvalue weighted by atomic mass is 10.1. The summed E-state index contributed by atoms with van der Waals surface area (Å²) in [6, 6.07) is 1.61. The van der Waals surface area contributed by atoms with Crippen molar-refractivity contribution in [3.05, 3.63) is 18.0 Å². The minimum absolute atomic E-state index is 0.141. The molecule has 88 valence electrons. The fourth-order valence-corrected chi connectivity index (χ4v) is 2.11. The van der Waals surface area contributed by atoms with E-state index in [-0.39, 0.29) is 12.0 Å². The molecule has 5 heteroatoms. The highest BCUT2D eigenvalue weighted by Gasteiger charge is 2.23. The Bertz CT molecular complexity index is 375. The minimum Gasteiger partial charge on any atom is -0.397 e. The third-order valence-electron chi connectivity index (χ3n) is 3.01. The van der Waals surface area contributed by atoms with Gasteiger partial charge in [0.15, 0.2) is 0 Å². The molecular weight excluding hydrogens is 206 g/mol. The van der Waals surface area contributed by atoms with Gasteiger partial charge in [0, 0.05) is 18.4 Å². The topological polar surface area (TPSA) is 91.1 Å². The number of rotatable bonds is 3. The number of carbonyl (C=O) groups excluding carboxylic acids is 1. The molecule has 1 amide bonds. The van der Waals surface area contributed by atoms with E-state index in [1.54, 1.807) is 12.3 Å². The number of aliphatic hydroxyl groups excluding tert-OH is 1. The lowest BCUT2D eigenvalue weighted by Gasteiger charge is -2.09. The Morgan fingerprint density at radius 2 is 2.44 bits per heavy atom. The van der Waals surface area contributed by atoms with Crippen molar-refractivity contribution in [3.63, 3.8) is 0 Å². The molecule has 5 N–H and O–H groups in total. The largest absolute Gasteiger partial charge is 0.397 e. The van der Waals surface area contributed by atoms with Crippen LogP contribution >= 0.6 is 0 Å². The maximum atomic E-state index is 11.6. The van der Waals surface area contributed by atoms with E-state index in [9.17, 15) is 9.90 Å². The van der Waals surface area contributed by atoms with Crippen molar-refractivity contribution >= 4 is 11.6 Å². The van der Waals surface area contributed by atoms with E-state index < -0.39 is 0 Å². The first-order valence-corrected chi connectivity index (χ1v) is 5.55. The van der Waals surface area contributed by atoms with Crippen LogP contribution in [0, 0.1) is 5.92 Å². The van der Waals surface area contributed by atoms with Crippen LogP contribution in [0.1, 0.15) is 29.8 Å². The van der Waals surface area contributed by atoms with E-state index in [1.165, 1.54) is 0 Å². The first-order chi connectivity index (χ1) is 7.65. The second kappa shape index (κ2) is 4.57. The minimum atomic E-state index is -0.192. The van der Waals surface area contributed by atoms with Gasteiger partial charge in [-0.05, 0) is 31.2 Å². The number of nitrogens with two attached hydrogens (primary N) is 1. The summed E-state index contributed by atoms with van der Waals surface area (Å²) in [7, 11) is 0. The van der Waals surface area contributed by atoms with Gasteiger partial charge in [0.25, 0.3) is 5.91 Å². The molecule has 1 saturated carbocycles. The fourth-order valence-electron chi connectivity index (χ4n) is 2.11. The van der Waals surface area contributed by atoms with Gasteiger partial charge in [0.05, 0.1) is 6.10 Å². The van der Waals surface area contributed by atoms with Gasteiger partial charge in [-0.2, -0.15) is 0 Å². The predicted molar refractivity (Wildman–Crippen MR) is 60.9 cm³/mol. The molecule has 2 rings (SSSR count). The van der Waals surface area contributed by atoms with E-state index >= 15 is 0 Å². The van der Waals surface area contributed by atoms with Crippen LogP contribution in [0.4, 0.5) is 5.69 Å². The van der Waals surface area contributed by atoms with Gasteiger partial charge in [-0.25, -0.2) is 0 Å². The second-order valence-corrected chi connectivity index (χ2v) is 4.39. The molecule has 2 unspecified atom stereocenters. The van der Waals surface area contributed by atoms with Gasteiger partial charge in [0.2, 0.25) is 0 Å². The number of amides is 1. The number of aromatic amines is 1. The lowest BCUT2D eigenvalue weighted by molar-refractivity contribution is 0.0940. The summed E-state index contributed by atoms with van der Waals surface area (Å²) in [5.74, 6) is 0.254. The number of nitrogen functional groups attached to an aromatic ring is 1. The van der Waals surface area contributed by atoms with Crippen LogP contribution in [0.15, 0.2) is 12.3 Å². The average molecular weight is 223 g/mol. The van der Waals surface area contributed by atoms with Crippen molar-refractivity contribution in [1.29, 1.82) is 0 Å². The van der Waals surface area contributed by atoms with Crippen molar-refractivity contribution < 1.29 is 9.90 Å². The molecule has 0 saturated heterocycles. The maximum absolute atomic E-state index is 11.6. The number of aromatic nitrogens is 1. The third kappa shape index (κ3) is 2.55. The predicted octanol–water partition coefficient (Wildman–Crippen LogP) is 0.488. The SMILES string of the molecule is Nc1c[nH]c(C(=O)NCC2CCC(O)C2)c1. The van der Waals surface area contributed by atoms with Gasteiger partial charge >= 0.3 is 0 Å². The Balaban J connectivity index is 1.80. The van der Waals surface area contributed by atoms with Gasteiger partial charge in [-0.3, -0.25) is 4.79 Å². The molecule has 1 aliphatic carbocycles. The normalized spacial score (nSPS) is 24.6. The molecule has 1 aliphatic rings. The second-order valence-electron chi connectivity index (χ2n) is 4.39. The molecule has 5 nitrogen and oxygen atoms in total. The Labute approximate surface area is 94.0 Å². The first kappa shape index (κ1) is 11.0. The van der Waals surface area contributed by atoms with E-state index in [0.717, 1.165) is 19.3 Å². The molecule has 0 radical (unpaired) electrons. The smallest absolute Gasteiger partial charge is 0.267 e. The summed E-state index contributed by atoms with van der Waals surface area (Å²) in [4.78, 5) is 14.4. The molecule has 2 atom stereocenters. The van der Waals surface area contributed by atoms with Gasteiger partial charge < -0.3 is 21.1 Å². The van der Waals surface area contributed by atoms with E-state index in [4.69, 9.17) is 5.73 Å². The monoisotopic (exact) mass is 223 g/mol. The Morgan fingerprint density at radius 3 is 3.00 bits per heavy atom. The van der Waals surface area contributed by atoms with Crippen LogP contribution in [0.5, 0.6) is 0 Å². The number of anilines is 1. The van der Waals surface area contributed by atoms with E-state index in [0.29, 0.717) is 23.8 Å². The highest BCUT2D eigenvalue weighted by molar-refractivity contribution is 5.93. The van der Waals surface area contributed by atoms with E-state index in [2.05, 4.69) is 10.3 Å². The molecule has 0 aromatic carbocycles. The molecule has 0 aliphatic heterocycles. The standard InChI is InChI=1S/C11H17N3O2/c12-8-4-10(13-6-8)11(16)14-5-7-1-2-9(15)3-7/h4,6-7,9,13,15H,1-3,5,12H2,(H,14,16). The van der Waals surface area contributed by atoms with Crippen molar-refractivity contribution in [2.75, 3.05) is 12.3 Å². The van der Waals surface area contributed by atoms with Gasteiger partial charge in [-0.15, -0.1) is 0 Å². The zero-order chi connectivity index (χ0) is 11.5. The lowest BCUT2D eigenvalue weighted by Crippen LogP contribution is -2.28. The fraction of sp³-hybridized carbons (Fsp3) is 0.545. The number of hydrogen-bond acceptors (Lipinski definition) is 3. The Kier molecular flexibility index (Phi) is 3.14. The van der Waals surface area contributed by atoms with Gasteiger partial charge in [0.1, 0.15) is 5.69 Å². The van der Waals surface area contributed by atoms with Crippen LogP contribution in [-0.4, -0.2) is 28.6 Å². The Hall–Kier alpha value is -1.49. The average Bonchev–Trinajstić information content (AvgIpc) is 2.84. The van der Waals surface area contributed by atoms with Crippen LogP contribution in [0.2, 0.25) is 0 Å². The van der Waals surface area contributed by atoms with Crippen molar-refractivity contribution in [2.24, 2.45) is 5.92 Å². The number of carbonyl (C=O) groups is 1. The highest BCUT2D eigenvalue weighted by Crippen LogP contribution is 2.24. The van der Waals surface area contributed by atoms with Crippen LogP contribution in [0.25, 0.3) is 0 Å². The summed E-state index contributed by atoms with van der Waals surface area (Å²) in [5.41, 5.74) is 6.55. The number of aliphatic hydroxyl groups is 1. The molecule has 16 heavy (non-hydrogen) atoms. The van der Waals surface area contributed by atoms with Gasteiger partial charge in [-0.1, -0.05) is 0 Å². The van der Waals surface area contributed by atoms with Crippen LogP contribution < -0.4 is 11.1 Å². The summed E-state index contributed by atoms with van der Waals surface area (Å²) >= 11 is 0. The Morgan fingerprint density at radius 1 is 1.62 bits per heavy atom. The summed E-state index contributed by atoms with van der Waals surface area (Å²) in [6.07, 6.45) is 4.01. The van der Waals surface area contributed by atoms with Crippen molar-refractivity contribution in [2.45, 2.75) is 25.4 Å². The van der Waals surface area contributed by atoms with Crippen LogP contribution in [0.3, 0.4) is 0 Å². The third-order valence-corrected chi connectivity index (χ3v) is 3.01. The first-order valence-electron chi connectivity index (χ1n) is 5.55. The zero-order valence-corrected chi connectivity index (χ0v) is 9.07. The summed E-state index contributed by atoms with van der Waals surface area (Å²) < 4.78 is 0. The van der Waals surface area contributed by atoms with E-state index in [1.807, 2.05) is 0 Å². The number of hydrogen-bond donors (Lipinski definition) is 4. The highest BCUT2D eigenvalue weighted by atomic mass is 16.3. The molecule has 0 bridgehead atoms. The maximum Gasteiger partial charge on any atom is 0.267 e. The zero-order valence-electron chi connectivity index (χ0n) is 9.07. The van der Waals surface area contributed by atoms with Crippen LogP contribution in [-0.2, 0) is 0 Å². The molecule has 1 aromatic heterocycles. The molecular formula is C11H17N3O2. The summed E-state index contributed by atoms with van der Waals surface area (Å²) in [6.45, 7) is 0.620. The number of H-pyrrole nitrogens is 1. The molecule has 1 fully saturated rings. The molecule has 0 spiro atoms. The van der Waals surface area contributed by atoms with Crippen molar-refractivity contribution in [3.8, 4) is 0 Å². The quantitative estimate of drug-likeness (QED) is 0.601. The molecule has 1 aromatic rings. The molecule has 1 heterocycles.